The third-order valence-corrected chi connectivity index (χ3v) is 2.85. The lowest BCUT2D eigenvalue weighted by atomic mass is 9.99. The van der Waals surface area contributed by atoms with Gasteiger partial charge >= 0.3 is 0 Å². The number of nitrogens with two attached hydrogens (primary N) is 1. The second-order valence-corrected chi connectivity index (χ2v) is 4.26. The van der Waals surface area contributed by atoms with E-state index in [1.165, 1.54) is 24.3 Å². The molecule has 94 valence electrons. The molecule has 0 aliphatic rings. The molecule has 5 heteroatoms. The molecule has 0 spiro atoms. The zero-order chi connectivity index (χ0) is 13.3. The molecule has 2 aromatic rings. The minimum atomic E-state index is -1.36. The summed E-state index contributed by atoms with van der Waals surface area (Å²) >= 11 is 5.78. The summed E-state index contributed by atoms with van der Waals surface area (Å²) in [4.78, 5) is 0. The highest BCUT2D eigenvalue weighted by Crippen LogP contribution is 2.30. The van der Waals surface area contributed by atoms with Crippen LogP contribution in [-0.2, 0) is 0 Å². The molecule has 18 heavy (non-hydrogen) atoms. The van der Waals surface area contributed by atoms with E-state index in [2.05, 4.69) is 0 Å². The largest absolute Gasteiger partial charge is 0.398 e. The Labute approximate surface area is 108 Å². The van der Waals surface area contributed by atoms with E-state index >= 15 is 0 Å². The SMILES string of the molecule is Nc1ccc(Cl)cc1[C@@H](O)c1cccc(F)c1F. The molecular formula is C13H10ClF2NO. The number of hydrogen-bond donors (Lipinski definition) is 2. The minimum absolute atomic E-state index is 0.177. The molecule has 0 unspecified atom stereocenters. The highest BCUT2D eigenvalue weighted by molar-refractivity contribution is 6.30. The number of aliphatic hydroxyl groups excluding tert-OH is 1. The molecule has 0 saturated heterocycles. The zero-order valence-electron chi connectivity index (χ0n) is 9.20. The fourth-order valence-electron chi connectivity index (χ4n) is 1.68. The van der Waals surface area contributed by atoms with Crippen LogP contribution in [0.3, 0.4) is 0 Å². The van der Waals surface area contributed by atoms with Crippen molar-refractivity contribution < 1.29 is 13.9 Å². The standard InChI is InChI=1S/C13H10ClF2NO/c14-7-4-5-11(17)9(6-7)13(18)8-2-1-3-10(15)12(8)16/h1-6,13,18H,17H2/t13-/m0/s1. The number of halogens is 3. The molecule has 2 nitrogen and oxygen atoms in total. The van der Waals surface area contributed by atoms with Crippen LogP contribution in [0, 0.1) is 11.6 Å². The van der Waals surface area contributed by atoms with Crippen LogP contribution in [0.15, 0.2) is 36.4 Å². The summed E-state index contributed by atoms with van der Waals surface area (Å²) in [6.07, 6.45) is -1.36. The van der Waals surface area contributed by atoms with Gasteiger partial charge in [0, 0.05) is 21.8 Å². The molecule has 0 aliphatic heterocycles. The summed E-state index contributed by atoms with van der Waals surface area (Å²) in [7, 11) is 0. The molecule has 0 radical (unpaired) electrons. The second-order valence-electron chi connectivity index (χ2n) is 3.82. The number of hydrogen-bond acceptors (Lipinski definition) is 2. The van der Waals surface area contributed by atoms with E-state index in [9.17, 15) is 13.9 Å². The molecule has 2 rings (SSSR count). The number of anilines is 1. The summed E-state index contributed by atoms with van der Waals surface area (Å²) in [5.41, 5.74) is 6.01. The lowest BCUT2D eigenvalue weighted by Gasteiger charge is -2.15. The van der Waals surface area contributed by atoms with E-state index in [4.69, 9.17) is 17.3 Å². The van der Waals surface area contributed by atoms with Gasteiger partial charge in [-0.25, -0.2) is 8.78 Å². The van der Waals surface area contributed by atoms with E-state index in [1.54, 1.807) is 6.07 Å². The van der Waals surface area contributed by atoms with Crippen LogP contribution in [0.4, 0.5) is 14.5 Å². The van der Waals surface area contributed by atoms with E-state index in [-0.39, 0.29) is 16.8 Å². The summed E-state index contributed by atoms with van der Waals surface area (Å²) < 4.78 is 26.7. The lowest BCUT2D eigenvalue weighted by Crippen LogP contribution is -2.07. The Morgan fingerprint density at radius 3 is 2.56 bits per heavy atom. The van der Waals surface area contributed by atoms with Crippen molar-refractivity contribution in [2.45, 2.75) is 6.10 Å². The fraction of sp³-hybridized carbons (Fsp3) is 0.0769. The van der Waals surface area contributed by atoms with Crippen molar-refractivity contribution in [3.8, 4) is 0 Å². The van der Waals surface area contributed by atoms with Crippen molar-refractivity contribution in [2.75, 3.05) is 5.73 Å². The van der Waals surface area contributed by atoms with Gasteiger partial charge in [-0.2, -0.15) is 0 Å². The Morgan fingerprint density at radius 2 is 1.83 bits per heavy atom. The topological polar surface area (TPSA) is 46.2 Å². The van der Waals surface area contributed by atoms with Crippen molar-refractivity contribution in [3.05, 3.63) is 64.2 Å². The Morgan fingerprint density at radius 1 is 1.11 bits per heavy atom. The number of aliphatic hydroxyl groups is 1. The smallest absolute Gasteiger partial charge is 0.164 e. The number of nitrogen functional groups attached to an aromatic ring is 1. The van der Waals surface area contributed by atoms with E-state index in [0.29, 0.717) is 5.02 Å². The van der Waals surface area contributed by atoms with Crippen molar-refractivity contribution in [2.24, 2.45) is 0 Å². The van der Waals surface area contributed by atoms with Crippen LogP contribution < -0.4 is 5.73 Å². The van der Waals surface area contributed by atoms with Gasteiger partial charge in [0.05, 0.1) is 0 Å². The van der Waals surface area contributed by atoms with Gasteiger partial charge in [0.2, 0.25) is 0 Å². The van der Waals surface area contributed by atoms with Crippen molar-refractivity contribution in [3.63, 3.8) is 0 Å². The normalized spacial score (nSPS) is 12.4. The minimum Gasteiger partial charge on any atom is -0.398 e. The maximum Gasteiger partial charge on any atom is 0.164 e. The predicted molar refractivity (Wildman–Crippen MR) is 66.3 cm³/mol. The molecule has 3 N–H and O–H groups in total. The van der Waals surface area contributed by atoms with Gasteiger partial charge < -0.3 is 10.8 Å². The predicted octanol–water partition coefficient (Wildman–Crippen LogP) is 3.28. The molecule has 0 aliphatic carbocycles. The van der Waals surface area contributed by atoms with Crippen LogP contribution in [0.25, 0.3) is 0 Å². The maximum atomic E-state index is 13.6. The first-order valence-corrected chi connectivity index (χ1v) is 5.55. The molecule has 0 aromatic heterocycles. The summed E-state index contributed by atoms with van der Waals surface area (Å²) in [5, 5.41) is 10.4. The number of rotatable bonds is 2. The van der Waals surface area contributed by atoms with E-state index in [1.807, 2.05) is 0 Å². The van der Waals surface area contributed by atoms with Gasteiger partial charge in [-0.3, -0.25) is 0 Å². The van der Waals surface area contributed by atoms with E-state index < -0.39 is 17.7 Å². The molecule has 0 saturated carbocycles. The van der Waals surface area contributed by atoms with Gasteiger partial charge in [0.1, 0.15) is 6.10 Å². The second kappa shape index (κ2) is 4.92. The van der Waals surface area contributed by atoms with Gasteiger partial charge in [0.25, 0.3) is 0 Å². The Bertz CT molecular complexity index is 587. The third-order valence-electron chi connectivity index (χ3n) is 2.62. The van der Waals surface area contributed by atoms with Crippen LogP contribution in [-0.4, -0.2) is 5.11 Å². The number of benzene rings is 2. The monoisotopic (exact) mass is 269 g/mol. The molecular weight excluding hydrogens is 260 g/mol. The molecule has 0 fully saturated rings. The molecule has 0 heterocycles. The van der Waals surface area contributed by atoms with Crippen LogP contribution >= 0.6 is 11.6 Å². The fourth-order valence-corrected chi connectivity index (χ4v) is 1.86. The summed E-state index contributed by atoms with van der Waals surface area (Å²) in [6, 6.07) is 8.06. The first-order chi connectivity index (χ1) is 8.50. The van der Waals surface area contributed by atoms with Gasteiger partial charge in [-0.15, -0.1) is 0 Å². The van der Waals surface area contributed by atoms with E-state index in [0.717, 1.165) is 6.07 Å². The summed E-state index contributed by atoms with van der Waals surface area (Å²) in [6.45, 7) is 0. The molecule has 0 amide bonds. The Balaban J connectivity index is 2.51. The van der Waals surface area contributed by atoms with Gasteiger partial charge in [-0.05, 0) is 24.3 Å². The molecule has 2 aromatic carbocycles. The Kier molecular flexibility index (Phi) is 3.50. The quantitative estimate of drug-likeness (QED) is 0.822. The van der Waals surface area contributed by atoms with Crippen LogP contribution in [0.5, 0.6) is 0 Å². The van der Waals surface area contributed by atoms with Gasteiger partial charge in [-0.1, -0.05) is 23.7 Å². The zero-order valence-corrected chi connectivity index (χ0v) is 9.96. The average molecular weight is 270 g/mol. The summed E-state index contributed by atoms with van der Waals surface area (Å²) in [5.74, 6) is -2.11. The third kappa shape index (κ3) is 2.30. The van der Waals surface area contributed by atoms with Crippen LogP contribution in [0.1, 0.15) is 17.2 Å². The van der Waals surface area contributed by atoms with Crippen molar-refractivity contribution in [1.82, 2.24) is 0 Å². The highest BCUT2D eigenvalue weighted by Gasteiger charge is 2.19. The van der Waals surface area contributed by atoms with Crippen molar-refractivity contribution >= 4 is 17.3 Å². The molecule has 1 atom stereocenters. The van der Waals surface area contributed by atoms with Crippen molar-refractivity contribution in [1.29, 1.82) is 0 Å². The first-order valence-electron chi connectivity index (χ1n) is 5.17. The lowest BCUT2D eigenvalue weighted by molar-refractivity contribution is 0.214. The maximum absolute atomic E-state index is 13.6. The van der Waals surface area contributed by atoms with Gasteiger partial charge in [0.15, 0.2) is 11.6 Å². The highest BCUT2D eigenvalue weighted by atomic mass is 35.5. The Hall–Kier alpha value is -1.65. The molecule has 0 bridgehead atoms. The average Bonchev–Trinajstić information content (AvgIpc) is 2.35. The van der Waals surface area contributed by atoms with Crippen LogP contribution in [0.2, 0.25) is 5.02 Å². The first kappa shape index (κ1) is 12.8.